The molecule has 0 aromatic heterocycles. The molecule has 0 saturated carbocycles. The van der Waals surface area contributed by atoms with Gasteiger partial charge in [0.25, 0.3) is 5.91 Å². The van der Waals surface area contributed by atoms with Crippen molar-refractivity contribution < 1.29 is 9.53 Å². The Morgan fingerprint density at radius 1 is 1.17 bits per heavy atom. The summed E-state index contributed by atoms with van der Waals surface area (Å²) >= 11 is 1.90. The number of aryl methyl sites for hydroxylation is 1. The van der Waals surface area contributed by atoms with Gasteiger partial charge < -0.3 is 9.64 Å². The number of benzene rings is 2. The minimum absolute atomic E-state index is 0.0203. The molecule has 1 atom stereocenters. The molecule has 2 aromatic rings. The van der Waals surface area contributed by atoms with Gasteiger partial charge in [0.2, 0.25) is 0 Å². The molecule has 1 unspecified atom stereocenters. The smallest absolute Gasteiger partial charge is 0.265 e. The molecule has 1 heterocycles. The van der Waals surface area contributed by atoms with E-state index < -0.39 is 0 Å². The summed E-state index contributed by atoms with van der Waals surface area (Å²) < 4.78 is 5.76. The van der Waals surface area contributed by atoms with E-state index in [-0.39, 0.29) is 18.6 Å². The second-order valence-corrected chi connectivity index (χ2v) is 6.82. The lowest BCUT2D eigenvalue weighted by Gasteiger charge is -2.28. The maximum atomic E-state index is 12.8. The van der Waals surface area contributed by atoms with Crippen LogP contribution in [0, 0.1) is 6.92 Å². The van der Waals surface area contributed by atoms with Crippen molar-refractivity contribution in [3.63, 3.8) is 0 Å². The molecule has 2 aromatic carbocycles. The van der Waals surface area contributed by atoms with Gasteiger partial charge in [-0.15, -0.1) is 0 Å². The molecule has 0 aliphatic carbocycles. The molecule has 1 aliphatic rings. The average molecular weight is 327 g/mol. The van der Waals surface area contributed by atoms with Crippen LogP contribution in [0.5, 0.6) is 5.75 Å². The van der Waals surface area contributed by atoms with Crippen LogP contribution in [0.3, 0.4) is 0 Å². The van der Waals surface area contributed by atoms with Crippen molar-refractivity contribution in [2.75, 3.05) is 23.0 Å². The van der Waals surface area contributed by atoms with E-state index >= 15 is 0 Å². The molecule has 0 spiro atoms. The van der Waals surface area contributed by atoms with Gasteiger partial charge in [0.05, 0.1) is 0 Å². The maximum Gasteiger partial charge on any atom is 0.265 e. The summed E-state index contributed by atoms with van der Waals surface area (Å²) in [7, 11) is 0. The lowest BCUT2D eigenvalue weighted by molar-refractivity contribution is -0.121. The fourth-order valence-corrected chi connectivity index (χ4v) is 3.99. The molecule has 1 aliphatic heterocycles. The Kier molecular flexibility index (Phi) is 5.23. The van der Waals surface area contributed by atoms with Gasteiger partial charge in [0.15, 0.2) is 6.61 Å². The number of hydrogen-bond donors (Lipinski definition) is 0. The Morgan fingerprint density at radius 2 is 1.91 bits per heavy atom. The third kappa shape index (κ3) is 3.88. The van der Waals surface area contributed by atoms with Crippen LogP contribution in [-0.4, -0.2) is 30.1 Å². The van der Waals surface area contributed by atoms with E-state index in [0.717, 1.165) is 34.9 Å². The van der Waals surface area contributed by atoms with Gasteiger partial charge in [-0.1, -0.05) is 36.4 Å². The van der Waals surface area contributed by atoms with E-state index in [2.05, 4.69) is 0 Å². The quantitative estimate of drug-likeness (QED) is 0.834. The Balaban J connectivity index is 1.74. The molecule has 1 fully saturated rings. The predicted octanol–water partition coefficient (Wildman–Crippen LogP) is 3.91. The summed E-state index contributed by atoms with van der Waals surface area (Å²) in [5.74, 6) is 2.90. The zero-order chi connectivity index (χ0) is 16.1. The Hall–Kier alpha value is -1.94. The van der Waals surface area contributed by atoms with E-state index in [4.69, 9.17) is 4.74 Å². The molecule has 0 N–H and O–H groups in total. The molecule has 1 amide bonds. The number of rotatable bonds is 5. The highest BCUT2D eigenvalue weighted by Crippen LogP contribution is 2.27. The maximum absolute atomic E-state index is 12.8. The second kappa shape index (κ2) is 7.55. The van der Waals surface area contributed by atoms with Crippen molar-refractivity contribution in [2.45, 2.75) is 19.4 Å². The molecule has 23 heavy (non-hydrogen) atoms. The van der Waals surface area contributed by atoms with Gasteiger partial charge in [-0.2, -0.15) is 11.8 Å². The Morgan fingerprint density at radius 3 is 2.61 bits per heavy atom. The highest BCUT2D eigenvalue weighted by Gasteiger charge is 2.28. The van der Waals surface area contributed by atoms with Crippen LogP contribution in [0.4, 0.5) is 5.69 Å². The first-order chi connectivity index (χ1) is 11.3. The first kappa shape index (κ1) is 15.9. The van der Waals surface area contributed by atoms with E-state index in [1.165, 1.54) is 0 Å². The summed E-state index contributed by atoms with van der Waals surface area (Å²) in [6, 6.07) is 18.0. The number of thioether (sulfide) groups is 1. The highest BCUT2D eigenvalue weighted by molar-refractivity contribution is 7.99. The van der Waals surface area contributed by atoms with Crippen molar-refractivity contribution in [1.29, 1.82) is 0 Å². The summed E-state index contributed by atoms with van der Waals surface area (Å²) in [5.41, 5.74) is 2.00. The fraction of sp³-hybridized carbons (Fsp3) is 0.316. The predicted molar refractivity (Wildman–Crippen MR) is 96.3 cm³/mol. The van der Waals surface area contributed by atoms with Crippen LogP contribution in [0.2, 0.25) is 0 Å². The minimum Gasteiger partial charge on any atom is -0.483 e. The third-order valence-electron chi connectivity index (χ3n) is 4.02. The van der Waals surface area contributed by atoms with Crippen LogP contribution in [0.25, 0.3) is 0 Å². The highest BCUT2D eigenvalue weighted by atomic mass is 32.2. The third-order valence-corrected chi connectivity index (χ3v) is 5.16. The molecule has 3 nitrogen and oxygen atoms in total. The zero-order valence-corrected chi connectivity index (χ0v) is 14.1. The lowest BCUT2D eigenvalue weighted by atomic mass is 10.2. The molecule has 3 rings (SSSR count). The van der Waals surface area contributed by atoms with Crippen molar-refractivity contribution in [3.8, 4) is 5.75 Å². The van der Waals surface area contributed by atoms with E-state index in [0.29, 0.717) is 0 Å². The van der Waals surface area contributed by atoms with Crippen molar-refractivity contribution >= 4 is 23.4 Å². The van der Waals surface area contributed by atoms with Crippen LogP contribution in [0.1, 0.15) is 12.0 Å². The van der Waals surface area contributed by atoms with Gasteiger partial charge in [0, 0.05) is 17.5 Å². The van der Waals surface area contributed by atoms with E-state index in [9.17, 15) is 4.79 Å². The van der Waals surface area contributed by atoms with Gasteiger partial charge >= 0.3 is 0 Å². The topological polar surface area (TPSA) is 29.5 Å². The van der Waals surface area contributed by atoms with Gasteiger partial charge in [-0.25, -0.2) is 0 Å². The van der Waals surface area contributed by atoms with Crippen molar-refractivity contribution in [3.05, 3.63) is 60.2 Å². The Labute approximate surface area is 141 Å². The molecule has 120 valence electrons. The summed E-state index contributed by atoms with van der Waals surface area (Å²) in [6.45, 7) is 2.06. The van der Waals surface area contributed by atoms with E-state index in [1.807, 2.05) is 78.2 Å². The first-order valence-corrected chi connectivity index (χ1v) is 9.04. The van der Waals surface area contributed by atoms with Gasteiger partial charge in [-0.3, -0.25) is 4.79 Å². The molecule has 4 heteroatoms. The number of carbonyl (C=O) groups excluding carboxylic acids is 1. The molecule has 1 saturated heterocycles. The first-order valence-electron chi connectivity index (χ1n) is 7.89. The van der Waals surface area contributed by atoms with Gasteiger partial charge in [-0.05, 0) is 42.9 Å². The zero-order valence-electron chi connectivity index (χ0n) is 13.3. The van der Waals surface area contributed by atoms with Crippen LogP contribution in [-0.2, 0) is 4.79 Å². The normalized spacial score (nSPS) is 17.0. The number of hydrogen-bond acceptors (Lipinski definition) is 3. The Bertz CT molecular complexity index is 653. The minimum atomic E-state index is 0.0203. The number of nitrogens with zero attached hydrogens (tertiary/aromatic N) is 1. The molecule has 0 radical (unpaired) electrons. The summed E-state index contributed by atoms with van der Waals surface area (Å²) in [6.07, 6.45) is 1.04. The number of para-hydroxylation sites is 2. The number of amides is 1. The summed E-state index contributed by atoms with van der Waals surface area (Å²) in [5, 5.41) is 0. The summed E-state index contributed by atoms with van der Waals surface area (Å²) in [4.78, 5) is 14.7. The number of anilines is 1. The van der Waals surface area contributed by atoms with Crippen LogP contribution >= 0.6 is 11.8 Å². The molecule has 0 bridgehead atoms. The van der Waals surface area contributed by atoms with Gasteiger partial charge in [0.1, 0.15) is 5.75 Å². The standard InChI is InChI=1S/C19H21NO2S/c1-15-7-5-6-10-18(15)22-13-19(21)20(17-11-12-23-14-17)16-8-3-2-4-9-16/h2-10,17H,11-14H2,1H3. The van der Waals surface area contributed by atoms with Crippen LogP contribution in [0.15, 0.2) is 54.6 Å². The fourth-order valence-electron chi connectivity index (χ4n) is 2.80. The van der Waals surface area contributed by atoms with E-state index in [1.54, 1.807) is 0 Å². The molecular formula is C19H21NO2S. The molecular weight excluding hydrogens is 306 g/mol. The van der Waals surface area contributed by atoms with Crippen molar-refractivity contribution in [2.24, 2.45) is 0 Å². The SMILES string of the molecule is Cc1ccccc1OCC(=O)N(c1ccccc1)C1CCSC1. The van der Waals surface area contributed by atoms with Crippen molar-refractivity contribution in [1.82, 2.24) is 0 Å². The van der Waals surface area contributed by atoms with Crippen LogP contribution < -0.4 is 9.64 Å². The average Bonchev–Trinajstić information content (AvgIpc) is 3.09. The number of carbonyl (C=O) groups is 1. The monoisotopic (exact) mass is 327 g/mol. The second-order valence-electron chi connectivity index (χ2n) is 5.67. The largest absolute Gasteiger partial charge is 0.483 e. The number of ether oxygens (including phenoxy) is 1. The lowest BCUT2D eigenvalue weighted by Crippen LogP contribution is -2.43.